The first-order chi connectivity index (χ1) is 8.47. The van der Waals surface area contributed by atoms with Gasteiger partial charge in [-0.05, 0) is 44.0 Å². The zero-order valence-corrected chi connectivity index (χ0v) is 10.8. The SMILES string of the molecule is Cc1cc(C(=O)O)c2c(c1)c(C)c(C)n2CCO. The highest BCUT2D eigenvalue weighted by Crippen LogP contribution is 2.29. The van der Waals surface area contributed by atoms with Crippen molar-refractivity contribution in [2.75, 3.05) is 6.61 Å². The molecule has 18 heavy (non-hydrogen) atoms. The van der Waals surface area contributed by atoms with Gasteiger partial charge in [-0.1, -0.05) is 0 Å². The van der Waals surface area contributed by atoms with Gasteiger partial charge >= 0.3 is 5.97 Å². The molecule has 0 atom stereocenters. The Morgan fingerprint density at radius 2 is 1.94 bits per heavy atom. The number of carbonyl (C=O) groups is 1. The average Bonchev–Trinajstić information content (AvgIpc) is 2.54. The zero-order chi connectivity index (χ0) is 13.4. The number of aliphatic hydroxyl groups is 1. The standard InChI is InChI=1S/C14H17NO3/c1-8-6-11-9(2)10(3)15(4-5-16)13(11)12(7-8)14(17)18/h6-7,16H,4-5H2,1-3H3,(H,17,18). The number of hydrogen-bond acceptors (Lipinski definition) is 2. The molecular weight excluding hydrogens is 230 g/mol. The van der Waals surface area contributed by atoms with E-state index in [-0.39, 0.29) is 6.61 Å². The van der Waals surface area contributed by atoms with E-state index in [4.69, 9.17) is 5.11 Å². The summed E-state index contributed by atoms with van der Waals surface area (Å²) in [5, 5.41) is 19.4. The van der Waals surface area contributed by atoms with Crippen LogP contribution in [0.2, 0.25) is 0 Å². The van der Waals surface area contributed by atoms with Crippen LogP contribution in [0.4, 0.5) is 0 Å². The van der Waals surface area contributed by atoms with Crippen LogP contribution in [0.5, 0.6) is 0 Å². The molecule has 0 aliphatic carbocycles. The van der Waals surface area contributed by atoms with Crippen LogP contribution in [0.3, 0.4) is 0 Å². The van der Waals surface area contributed by atoms with E-state index >= 15 is 0 Å². The van der Waals surface area contributed by atoms with Crippen LogP contribution in [-0.2, 0) is 6.54 Å². The Labute approximate surface area is 105 Å². The van der Waals surface area contributed by atoms with Crippen molar-refractivity contribution >= 4 is 16.9 Å². The summed E-state index contributed by atoms with van der Waals surface area (Å²) < 4.78 is 1.88. The maximum atomic E-state index is 11.4. The molecule has 4 heteroatoms. The lowest BCUT2D eigenvalue weighted by molar-refractivity contribution is 0.0698. The summed E-state index contributed by atoms with van der Waals surface area (Å²) in [5.74, 6) is -0.930. The third-order valence-electron chi connectivity index (χ3n) is 3.43. The molecule has 4 nitrogen and oxygen atoms in total. The van der Waals surface area contributed by atoms with Gasteiger partial charge in [-0.2, -0.15) is 0 Å². The van der Waals surface area contributed by atoms with Crippen LogP contribution in [0.1, 0.15) is 27.2 Å². The van der Waals surface area contributed by atoms with Gasteiger partial charge in [0.25, 0.3) is 0 Å². The fraction of sp³-hybridized carbons (Fsp3) is 0.357. The predicted molar refractivity (Wildman–Crippen MR) is 70.2 cm³/mol. The number of benzene rings is 1. The van der Waals surface area contributed by atoms with E-state index in [0.717, 1.165) is 22.2 Å². The van der Waals surface area contributed by atoms with Crippen molar-refractivity contribution in [2.24, 2.45) is 0 Å². The quantitative estimate of drug-likeness (QED) is 0.874. The van der Waals surface area contributed by atoms with E-state index in [1.54, 1.807) is 6.07 Å². The van der Waals surface area contributed by atoms with E-state index in [1.807, 2.05) is 31.4 Å². The van der Waals surface area contributed by atoms with Crippen molar-refractivity contribution in [3.8, 4) is 0 Å². The summed E-state index contributed by atoms with van der Waals surface area (Å²) in [6.07, 6.45) is 0. The lowest BCUT2D eigenvalue weighted by atomic mass is 10.0. The molecule has 2 N–H and O–H groups in total. The molecule has 1 heterocycles. The van der Waals surface area contributed by atoms with Gasteiger partial charge in [0.05, 0.1) is 17.7 Å². The molecule has 0 saturated heterocycles. The number of carboxylic acids is 1. The van der Waals surface area contributed by atoms with E-state index in [9.17, 15) is 9.90 Å². The predicted octanol–water partition coefficient (Wildman–Crippen LogP) is 2.26. The summed E-state index contributed by atoms with van der Waals surface area (Å²) in [6, 6.07) is 3.68. The Morgan fingerprint density at radius 3 is 2.50 bits per heavy atom. The largest absolute Gasteiger partial charge is 0.478 e. The monoisotopic (exact) mass is 247 g/mol. The molecule has 0 spiro atoms. The van der Waals surface area contributed by atoms with E-state index < -0.39 is 5.97 Å². The minimum Gasteiger partial charge on any atom is -0.478 e. The molecular formula is C14H17NO3. The van der Waals surface area contributed by atoms with Crippen molar-refractivity contribution in [1.29, 1.82) is 0 Å². The molecule has 0 amide bonds. The minimum atomic E-state index is -0.930. The Bertz CT molecular complexity index is 626. The van der Waals surface area contributed by atoms with Crippen molar-refractivity contribution in [3.05, 3.63) is 34.5 Å². The third kappa shape index (κ3) is 1.78. The van der Waals surface area contributed by atoms with Gasteiger partial charge in [0.1, 0.15) is 0 Å². The fourth-order valence-electron chi connectivity index (χ4n) is 2.46. The maximum absolute atomic E-state index is 11.4. The topological polar surface area (TPSA) is 62.5 Å². The number of aromatic nitrogens is 1. The lowest BCUT2D eigenvalue weighted by Gasteiger charge is -2.08. The Kier molecular flexibility index (Phi) is 3.13. The van der Waals surface area contributed by atoms with Crippen LogP contribution in [0, 0.1) is 20.8 Å². The number of aromatic carboxylic acids is 1. The summed E-state index contributed by atoms with van der Waals surface area (Å²) in [5.41, 5.74) is 4.02. The van der Waals surface area contributed by atoms with Crippen LogP contribution >= 0.6 is 0 Å². The van der Waals surface area contributed by atoms with Gasteiger partial charge in [-0.15, -0.1) is 0 Å². The van der Waals surface area contributed by atoms with Crippen LogP contribution in [-0.4, -0.2) is 27.4 Å². The molecule has 1 aromatic carbocycles. The number of aryl methyl sites for hydroxylation is 2. The second-order valence-electron chi connectivity index (χ2n) is 4.60. The molecule has 2 rings (SSSR count). The molecule has 1 aromatic heterocycles. The van der Waals surface area contributed by atoms with E-state index in [0.29, 0.717) is 17.6 Å². The Hall–Kier alpha value is -1.81. The molecule has 0 aliphatic heterocycles. The van der Waals surface area contributed by atoms with Crippen LogP contribution in [0.25, 0.3) is 10.9 Å². The molecule has 0 bridgehead atoms. The molecule has 0 unspecified atom stereocenters. The van der Waals surface area contributed by atoms with Gasteiger partial charge in [0.2, 0.25) is 0 Å². The number of hydrogen-bond donors (Lipinski definition) is 2. The van der Waals surface area contributed by atoms with Crippen molar-refractivity contribution in [3.63, 3.8) is 0 Å². The molecule has 0 saturated carbocycles. The first-order valence-electron chi connectivity index (χ1n) is 5.91. The highest BCUT2D eigenvalue weighted by atomic mass is 16.4. The zero-order valence-electron chi connectivity index (χ0n) is 10.8. The first kappa shape index (κ1) is 12.6. The highest BCUT2D eigenvalue weighted by molar-refractivity contribution is 6.04. The normalized spacial score (nSPS) is 11.1. The molecule has 96 valence electrons. The molecule has 2 aromatic rings. The average molecular weight is 247 g/mol. The molecule has 0 fully saturated rings. The van der Waals surface area contributed by atoms with Gasteiger partial charge in [-0.3, -0.25) is 0 Å². The van der Waals surface area contributed by atoms with Crippen LogP contribution in [0.15, 0.2) is 12.1 Å². The smallest absolute Gasteiger partial charge is 0.337 e. The Morgan fingerprint density at radius 1 is 1.28 bits per heavy atom. The Balaban J connectivity index is 2.92. The van der Waals surface area contributed by atoms with Gasteiger partial charge < -0.3 is 14.8 Å². The van der Waals surface area contributed by atoms with E-state index in [2.05, 4.69) is 0 Å². The van der Waals surface area contributed by atoms with Crippen molar-refractivity contribution in [1.82, 2.24) is 4.57 Å². The number of aliphatic hydroxyl groups excluding tert-OH is 1. The lowest BCUT2D eigenvalue weighted by Crippen LogP contribution is -2.08. The minimum absolute atomic E-state index is 0.00298. The van der Waals surface area contributed by atoms with Gasteiger partial charge in [0, 0.05) is 17.6 Å². The number of nitrogens with zero attached hydrogens (tertiary/aromatic N) is 1. The van der Waals surface area contributed by atoms with Crippen molar-refractivity contribution in [2.45, 2.75) is 27.3 Å². The van der Waals surface area contributed by atoms with Crippen LogP contribution < -0.4 is 0 Å². The highest BCUT2D eigenvalue weighted by Gasteiger charge is 2.18. The summed E-state index contributed by atoms with van der Waals surface area (Å²) >= 11 is 0. The second kappa shape index (κ2) is 4.46. The number of rotatable bonds is 3. The van der Waals surface area contributed by atoms with E-state index in [1.165, 1.54) is 0 Å². The molecule has 0 aliphatic rings. The number of fused-ring (bicyclic) bond motifs is 1. The van der Waals surface area contributed by atoms with Gasteiger partial charge in [0.15, 0.2) is 0 Å². The van der Waals surface area contributed by atoms with Crippen molar-refractivity contribution < 1.29 is 15.0 Å². The summed E-state index contributed by atoms with van der Waals surface area (Å²) in [7, 11) is 0. The summed E-state index contributed by atoms with van der Waals surface area (Å²) in [4.78, 5) is 11.4. The maximum Gasteiger partial charge on any atom is 0.337 e. The molecule has 0 radical (unpaired) electrons. The second-order valence-corrected chi connectivity index (χ2v) is 4.60. The summed E-state index contributed by atoms with van der Waals surface area (Å²) in [6.45, 7) is 6.24. The first-order valence-corrected chi connectivity index (χ1v) is 5.91. The fourth-order valence-corrected chi connectivity index (χ4v) is 2.46. The third-order valence-corrected chi connectivity index (χ3v) is 3.43. The number of carboxylic acid groups (broad SMARTS) is 1. The van der Waals surface area contributed by atoms with Gasteiger partial charge in [-0.25, -0.2) is 4.79 Å².